The third kappa shape index (κ3) is 3.42. The molecule has 1 atom stereocenters. The minimum atomic E-state index is -0.370. The lowest BCUT2D eigenvalue weighted by molar-refractivity contribution is 0.405. The standard InChI is InChI=1S/C14H11BrCl2INO/c1-20-14-10(5-8(17)6-11(14)15)13(19)9-4-7(16)2-3-12(9)18/h2-6,13H,19H2,1H3. The van der Waals surface area contributed by atoms with E-state index >= 15 is 0 Å². The van der Waals surface area contributed by atoms with Crippen LogP contribution in [0.25, 0.3) is 0 Å². The molecule has 0 amide bonds. The summed E-state index contributed by atoms with van der Waals surface area (Å²) in [7, 11) is 1.60. The highest BCUT2D eigenvalue weighted by Gasteiger charge is 2.19. The van der Waals surface area contributed by atoms with Gasteiger partial charge in [-0.25, -0.2) is 0 Å². The van der Waals surface area contributed by atoms with Gasteiger partial charge in [-0.3, -0.25) is 0 Å². The van der Waals surface area contributed by atoms with E-state index in [1.54, 1.807) is 13.2 Å². The Hall–Kier alpha value is -0.0100. The Morgan fingerprint density at radius 2 is 1.80 bits per heavy atom. The second-order valence-corrected chi connectivity index (χ2v) is 7.04. The van der Waals surface area contributed by atoms with Crippen molar-refractivity contribution >= 4 is 61.7 Å². The summed E-state index contributed by atoms with van der Waals surface area (Å²) in [6.07, 6.45) is 0. The number of rotatable bonds is 3. The predicted molar refractivity (Wildman–Crippen MR) is 95.9 cm³/mol. The summed E-state index contributed by atoms with van der Waals surface area (Å²) in [5.74, 6) is 0.678. The summed E-state index contributed by atoms with van der Waals surface area (Å²) in [5, 5.41) is 1.25. The average molecular weight is 487 g/mol. The second-order valence-electron chi connectivity index (χ2n) is 4.15. The molecule has 0 heterocycles. The van der Waals surface area contributed by atoms with Crippen LogP contribution in [-0.4, -0.2) is 7.11 Å². The molecule has 0 aliphatic carbocycles. The Labute approximate surface area is 149 Å². The van der Waals surface area contributed by atoms with E-state index < -0.39 is 0 Å². The van der Waals surface area contributed by atoms with Gasteiger partial charge < -0.3 is 10.5 Å². The van der Waals surface area contributed by atoms with Crippen LogP contribution in [0.1, 0.15) is 17.2 Å². The quantitative estimate of drug-likeness (QED) is 0.588. The first-order valence-electron chi connectivity index (χ1n) is 5.67. The van der Waals surface area contributed by atoms with Crippen LogP contribution in [0.15, 0.2) is 34.8 Å². The SMILES string of the molecule is COc1c(Br)cc(Cl)cc1C(N)c1cc(Cl)ccc1I. The van der Waals surface area contributed by atoms with Gasteiger partial charge in [-0.05, 0) is 74.4 Å². The van der Waals surface area contributed by atoms with Crippen LogP contribution in [0.5, 0.6) is 5.75 Å². The van der Waals surface area contributed by atoms with Gasteiger partial charge >= 0.3 is 0 Å². The molecule has 20 heavy (non-hydrogen) atoms. The van der Waals surface area contributed by atoms with Gasteiger partial charge in [0.05, 0.1) is 17.6 Å². The molecular formula is C14H11BrCl2INO. The Kier molecular flexibility index (Phi) is 5.59. The van der Waals surface area contributed by atoms with Gasteiger partial charge in [0.15, 0.2) is 0 Å². The fourth-order valence-corrected chi connectivity index (χ4v) is 3.79. The van der Waals surface area contributed by atoms with Crippen molar-refractivity contribution in [1.82, 2.24) is 0 Å². The monoisotopic (exact) mass is 485 g/mol. The molecule has 2 nitrogen and oxygen atoms in total. The Morgan fingerprint density at radius 3 is 2.45 bits per heavy atom. The highest BCUT2D eigenvalue weighted by molar-refractivity contribution is 14.1. The molecule has 0 aliphatic rings. The highest BCUT2D eigenvalue weighted by atomic mass is 127. The lowest BCUT2D eigenvalue weighted by atomic mass is 9.99. The first-order valence-corrected chi connectivity index (χ1v) is 8.30. The van der Waals surface area contributed by atoms with Gasteiger partial charge in [0.1, 0.15) is 5.75 Å². The molecule has 6 heteroatoms. The van der Waals surface area contributed by atoms with Crippen molar-refractivity contribution in [2.45, 2.75) is 6.04 Å². The number of halogens is 4. The van der Waals surface area contributed by atoms with E-state index in [-0.39, 0.29) is 6.04 Å². The van der Waals surface area contributed by atoms with Gasteiger partial charge in [-0.1, -0.05) is 23.2 Å². The van der Waals surface area contributed by atoms with E-state index in [9.17, 15) is 0 Å². The molecule has 0 aromatic heterocycles. The van der Waals surface area contributed by atoms with E-state index in [0.717, 1.165) is 19.2 Å². The fraction of sp³-hybridized carbons (Fsp3) is 0.143. The van der Waals surface area contributed by atoms with Crippen LogP contribution >= 0.6 is 61.7 Å². The molecule has 2 aromatic carbocycles. The smallest absolute Gasteiger partial charge is 0.138 e. The second kappa shape index (κ2) is 6.83. The topological polar surface area (TPSA) is 35.2 Å². The van der Waals surface area contributed by atoms with Crippen molar-refractivity contribution < 1.29 is 4.74 Å². The maximum absolute atomic E-state index is 6.38. The van der Waals surface area contributed by atoms with E-state index in [4.69, 9.17) is 33.7 Å². The summed E-state index contributed by atoms with van der Waals surface area (Å²) in [5.41, 5.74) is 8.13. The van der Waals surface area contributed by atoms with E-state index in [1.165, 1.54) is 0 Å². The molecule has 0 saturated heterocycles. The first-order chi connectivity index (χ1) is 9.43. The normalized spacial score (nSPS) is 12.3. The van der Waals surface area contributed by atoms with Gasteiger partial charge in [0.25, 0.3) is 0 Å². The molecule has 2 aromatic rings. The molecule has 0 radical (unpaired) electrons. The zero-order valence-electron chi connectivity index (χ0n) is 10.5. The third-order valence-corrected chi connectivity index (χ3v) is 4.89. The number of ether oxygens (including phenoxy) is 1. The molecule has 0 saturated carbocycles. The largest absolute Gasteiger partial charge is 0.495 e. The fourth-order valence-electron chi connectivity index (χ4n) is 1.95. The average Bonchev–Trinajstić information content (AvgIpc) is 2.40. The van der Waals surface area contributed by atoms with Crippen molar-refractivity contribution in [1.29, 1.82) is 0 Å². The zero-order valence-corrected chi connectivity index (χ0v) is 15.7. The maximum Gasteiger partial charge on any atom is 0.138 e. The molecule has 0 aliphatic heterocycles. The number of nitrogens with two attached hydrogens (primary N) is 1. The van der Waals surface area contributed by atoms with Gasteiger partial charge in [-0.2, -0.15) is 0 Å². The number of hydrogen-bond donors (Lipinski definition) is 1. The van der Waals surface area contributed by atoms with Crippen molar-refractivity contribution in [2.24, 2.45) is 5.73 Å². The Morgan fingerprint density at radius 1 is 1.15 bits per heavy atom. The third-order valence-electron chi connectivity index (χ3n) is 2.87. The molecule has 0 bridgehead atoms. The van der Waals surface area contributed by atoms with Crippen LogP contribution in [0, 0.1) is 3.57 Å². The maximum atomic E-state index is 6.38. The molecule has 0 fully saturated rings. The summed E-state index contributed by atoms with van der Waals surface area (Å²) < 4.78 is 7.24. The van der Waals surface area contributed by atoms with Crippen molar-refractivity contribution in [3.8, 4) is 5.75 Å². The summed E-state index contributed by atoms with van der Waals surface area (Å²) >= 11 is 17.8. The number of hydrogen-bond acceptors (Lipinski definition) is 2. The lowest BCUT2D eigenvalue weighted by Gasteiger charge is -2.19. The summed E-state index contributed by atoms with van der Waals surface area (Å²) in [6, 6.07) is 8.86. The molecule has 2 N–H and O–H groups in total. The Bertz CT molecular complexity index is 651. The van der Waals surface area contributed by atoms with Crippen LogP contribution in [0.4, 0.5) is 0 Å². The molecule has 106 valence electrons. The van der Waals surface area contributed by atoms with Crippen LogP contribution in [0.2, 0.25) is 10.0 Å². The predicted octanol–water partition coefficient (Wildman–Crippen LogP) is 5.42. The van der Waals surface area contributed by atoms with Crippen LogP contribution in [-0.2, 0) is 0 Å². The van der Waals surface area contributed by atoms with Crippen LogP contribution in [0.3, 0.4) is 0 Å². The lowest BCUT2D eigenvalue weighted by Crippen LogP contribution is -2.15. The van der Waals surface area contributed by atoms with Crippen molar-refractivity contribution in [3.05, 3.63) is 59.5 Å². The molecule has 0 spiro atoms. The molecule has 2 rings (SSSR count). The van der Waals surface area contributed by atoms with Crippen molar-refractivity contribution in [3.63, 3.8) is 0 Å². The molecular weight excluding hydrogens is 476 g/mol. The molecule has 1 unspecified atom stereocenters. The van der Waals surface area contributed by atoms with E-state index in [0.29, 0.717) is 15.8 Å². The zero-order chi connectivity index (χ0) is 14.9. The summed E-state index contributed by atoms with van der Waals surface area (Å²) in [4.78, 5) is 0. The van der Waals surface area contributed by atoms with Crippen LogP contribution < -0.4 is 10.5 Å². The number of methoxy groups -OCH3 is 1. The highest BCUT2D eigenvalue weighted by Crippen LogP contribution is 2.38. The van der Waals surface area contributed by atoms with Crippen molar-refractivity contribution in [2.75, 3.05) is 7.11 Å². The first kappa shape index (κ1) is 16.4. The van der Waals surface area contributed by atoms with E-state index in [1.807, 2.05) is 24.3 Å². The minimum Gasteiger partial charge on any atom is -0.495 e. The van der Waals surface area contributed by atoms with Gasteiger partial charge in [0.2, 0.25) is 0 Å². The minimum absolute atomic E-state index is 0.370. The van der Waals surface area contributed by atoms with E-state index in [2.05, 4.69) is 38.5 Å². The van der Waals surface area contributed by atoms with Gasteiger partial charge in [-0.15, -0.1) is 0 Å². The Balaban J connectivity index is 2.58. The summed E-state index contributed by atoms with van der Waals surface area (Å²) in [6.45, 7) is 0. The van der Waals surface area contributed by atoms with Gasteiger partial charge in [0, 0.05) is 19.2 Å². The number of benzene rings is 2.